The monoisotopic (exact) mass is 375 g/mol. The van der Waals surface area contributed by atoms with E-state index in [2.05, 4.69) is 5.32 Å². The Labute approximate surface area is 156 Å². The summed E-state index contributed by atoms with van der Waals surface area (Å²) in [7, 11) is 0. The van der Waals surface area contributed by atoms with E-state index in [1.807, 2.05) is 0 Å². The third kappa shape index (κ3) is 3.51. The van der Waals surface area contributed by atoms with Crippen LogP contribution in [0.25, 0.3) is 0 Å². The van der Waals surface area contributed by atoms with Crippen molar-refractivity contribution in [2.45, 2.75) is 12.8 Å². The molecule has 2 aliphatic heterocycles. The van der Waals surface area contributed by atoms with Crippen LogP contribution in [0.4, 0.5) is 5.69 Å². The zero-order valence-electron chi connectivity index (χ0n) is 14.0. The minimum absolute atomic E-state index is 0.294. The van der Waals surface area contributed by atoms with Crippen LogP contribution in [0.1, 0.15) is 23.2 Å². The molecule has 1 N–H and O–H groups in total. The molecule has 2 aromatic rings. The van der Waals surface area contributed by atoms with Gasteiger partial charge in [0.25, 0.3) is 5.91 Å². The van der Waals surface area contributed by atoms with Gasteiger partial charge in [0, 0.05) is 30.2 Å². The predicted molar refractivity (Wildman–Crippen MR) is 97.1 cm³/mol. The second kappa shape index (κ2) is 7.33. The molecule has 0 radical (unpaired) electrons. The summed E-state index contributed by atoms with van der Waals surface area (Å²) in [6.07, 6.45) is 1.59. The number of hydrogen-bond acceptors (Lipinski definition) is 5. The van der Waals surface area contributed by atoms with Crippen LogP contribution in [-0.2, 0) is 0 Å². The molecule has 0 aromatic heterocycles. The normalized spacial score (nSPS) is 15.6. The van der Waals surface area contributed by atoms with Gasteiger partial charge in [0.15, 0.2) is 23.0 Å². The van der Waals surface area contributed by atoms with Crippen LogP contribution in [0.5, 0.6) is 23.0 Å². The quantitative estimate of drug-likeness (QED) is 0.861. The van der Waals surface area contributed by atoms with Gasteiger partial charge in [-0.1, -0.05) is 11.6 Å². The number of fused-ring (bicyclic) bond motifs is 2. The number of halogens is 1. The Kier molecular flexibility index (Phi) is 4.75. The van der Waals surface area contributed by atoms with Crippen LogP contribution in [-0.4, -0.2) is 32.3 Å². The lowest BCUT2D eigenvalue weighted by Crippen LogP contribution is -2.12. The molecule has 7 heteroatoms. The first-order chi connectivity index (χ1) is 12.7. The van der Waals surface area contributed by atoms with Crippen molar-refractivity contribution < 1.29 is 23.7 Å². The van der Waals surface area contributed by atoms with Crippen LogP contribution in [0.15, 0.2) is 30.3 Å². The largest absolute Gasteiger partial charge is 0.490 e. The molecule has 26 heavy (non-hydrogen) atoms. The van der Waals surface area contributed by atoms with Gasteiger partial charge in [-0.15, -0.1) is 0 Å². The Balaban J connectivity index is 1.56. The highest BCUT2D eigenvalue weighted by molar-refractivity contribution is 6.32. The highest BCUT2D eigenvalue weighted by Crippen LogP contribution is 2.38. The van der Waals surface area contributed by atoms with E-state index in [0.29, 0.717) is 65.7 Å². The van der Waals surface area contributed by atoms with Gasteiger partial charge in [0.05, 0.1) is 31.5 Å². The average molecular weight is 376 g/mol. The van der Waals surface area contributed by atoms with Crippen LogP contribution in [0.3, 0.4) is 0 Å². The Morgan fingerprint density at radius 3 is 2.35 bits per heavy atom. The molecular weight excluding hydrogens is 358 g/mol. The summed E-state index contributed by atoms with van der Waals surface area (Å²) in [6, 6.07) is 8.54. The lowest BCUT2D eigenvalue weighted by molar-refractivity contribution is 0.102. The van der Waals surface area contributed by atoms with Crippen molar-refractivity contribution in [2.24, 2.45) is 0 Å². The SMILES string of the molecule is O=C(Nc1ccc2c(c1)OCCCO2)c1cc(Cl)c2c(c1)OCCCO2. The third-order valence-electron chi connectivity index (χ3n) is 4.07. The smallest absolute Gasteiger partial charge is 0.255 e. The number of amides is 1. The minimum Gasteiger partial charge on any atom is -0.490 e. The van der Waals surface area contributed by atoms with Gasteiger partial charge in [-0.3, -0.25) is 4.79 Å². The number of ether oxygens (including phenoxy) is 4. The molecule has 0 bridgehead atoms. The summed E-state index contributed by atoms with van der Waals surface area (Å²) in [5, 5.41) is 3.20. The van der Waals surface area contributed by atoms with Gasteiger partial charge in [0.2, 0.25) is 0 Å². The first-order valence-electron chi connectivity index (χ1n) is 8.51. The Morgan fingerprint density at radius 1 is 0.846 bits per heavy atom. The maximum Gasteiger partial charge on any atom is 0.255 e. The van der Waals surface area contributed by atoms with Crippen LogP contribution < -0.4 is 24.3 Å². The number of carbonyl (C=O) groups is 1. The second-order valence-corrected chi connectivity index (χ2v) is 6.41. The summed E-state index contributed by atoms with van der Waals surface area (Å²) in [4.78, 5) is 12.6. The van der Waals surface area contributed by atoms with Gasteiger partial charge in [-0.05, 0) is 24.3 Å². The summed E-state index contributed by atoms with van der Waals surface area (Å²) in [5.41, 5.74) is 1.01. The molecule has 0 saturated carbocycles. The fourth-order valence-corrected chi connectivity index (χ4v) is 3.07. The fraction of sp³-hybridized carbons (Fsp3) is 0.316. The molecule has 1 amide bonds. The zero-order chi connectivity index (χ0) is 17.9. The van der Waals surface area contributed by atoms with Crippen molar-refractivity contribution in [3.05, 3.63) is 40.9 Å². The van der Waals surface area contributed by atoms with Gasteiger partial charge in [0.1, 0.15) is 0 Å². The molecule has 6 nitrogen and oxygen atoms in total. The lowest BCUT2D eigenvalue weighted by Gasteiger charge is -2.13. The van der Waals surface area contributed by atoms with E-state index in [4.69, 9.17) is 30.5 Å². The van der Waals surface area contributed by atoms with E-state index in [-0.39, 0.29) is 5.91 Å². The molecule has 0 aliphatic carbocycles. The Bertz CT molecular complexity index is 839. The van der Waals surface area contributed by atoms with Gasteiger partial charge < -0.3 is 24.3 Å². The molecule has 136 valence electrons. The van der Waals surface area contributed by atoms with Crippen molar-refractivity contribution in [1.82, 2.24) is 0 Å². The van der Waals surface area contributed by atoms with E-state index in [0.717, 1.165) is 12.8 Å². The Morgan fingerprint density at radius 2 is 1.54 bits per heavy atom. The molecule has 0 fully saturated rings. The number of benzene rings is 2. The van der Waals surface area contributed by atoms with E-state index in [1.54, 1.807) is 30.3 Å². The molecule has 0 spiro atoms. The first-order valence-corrected chi connectivity index (χ1v) is 8.89. The highest BCUT2D eigenvalue weighted by Gasteiger charge is 2.19. The number of anilines is 1. The Hall–Kier alpha value is -2.60. The third-order valence-corrected chi connectivity index (χ3v) is 4.35. The van der Waals surface area contributed by atoms with Crippen molar-refractivity contribution in [3.63, 3.8) is 0 Å². The summed E-state index contributed by atoms with van der Waals surface area (Å²) < 4.78 is 22.5. The van der Waals surface area contributed by atoms with Crippen LogP contribution >= 0.6 is 11.6 Å². The van der Waals surface area contributed by atoms with Crippen molar-refractivity contribution >= 4 is 23.2 Å². The van der Waals surface area contributed by atoms with Crippen molar-refractivity contribution in [3.8, 4) is 23.0 Å². The van der Waals surface area contributed by atoms with E-state index >= 15 is 0 Å². The topological polar surface area (TPSA) is 66.0 Å². The summed E-state index contributed by atoms with van der Waals surface area (Å²) in [6.45, 7) is 2.27. The molecule has 4 rings (SSSR count). The predicted octanol–water partition coefficient (Wildman–Crippen LogP) is 3.91. The first kappa shape index (κ1) is 16.8. The van der Waals surface area contributed by atoms with Crippen LogP contribution in [0, 0.1) is 0 Å². The zero-order valence-corrected chi connectivity index (χ0v) is 14.8. The number of rotatable bonds is 2. The molecular formula is C19H18ClNO5. The van der Waals surface area contributed by atoms with Gasteiger partial charge in [-0.2, -0.15) is 0 Å². The van der Waals surface area contributed by atoms with E-state index < -0.39 is 0 Å². The van der Waals surface area contributed by atoms with E-state index in [1.165, 1.54) is 0 Å². The second-order valence-electron chi connectivity index (χ2n) is 6.00. The maximum atomic E-state index is 12.6. The number of nitrogens with one attached hydrogen (secondary N) is 1. The molecule has 2 aromatic carbocycles. The van der Waals surface area contributed by atoms with E-state index in [9.17, 15) is 4.79 Å². The summed E-state index contributed by atoms with van der Waals surface area (Å²) >= 11 is 6.26. The van der Waals surface area contributed by atoms with Gasteiger partial charge in [-0.25, -0.2) is 0 Å². The molecule has 0 saturated heterocycles. The minimum atomic E-state index is -0.294. The van der Waals surface area contributed by atoms with Gasteiger partial charge >= 0.3 is 0 Å². The number of hydrogen-bond donors (Lipinski definition) is 1. The lowest BCUT2D eigenvalue weighted by atomic mass is 10.1. The standard InChI is InChI=1S/C19H18ClNO5/c20-14-9-12(10-17-18(14)26-8-2-7-25-17)19(22)21-13-3-4-15-16(11-13)24-6-1-5-23-15/h3-4,9-11H,1-2,5-8H2,(H,21,22). The average Bonchev–Trinajstić information content (AvgIpc) is 3.01. The molecule has 2 aliphatic rings. The maximum absolute atomic E-state index is 12.6. The fourth-order valence-electron chi connectivity index (χ4n) is 2.81. The van der Waals surface area contributed by atoms with Crippen molar-refractivity contribution in [2.75, 3.05) is 31.7 Å². The number of carbonyl (C=O) groups excluding carboxylic acids is 1. The molecule has 0 atom stereocenters. The molecule has 2 heterocycles. The highest BCUT2D eigenvalue weighted by atomic mass is 35.5. The summed E-state index contributed by atoms with van der Waals surface area (Å²) in [5.74, 6) is 1.98. The van der Waals surface area contributed by atoms with Crippen LogP contribution in [0.2, 0.25) is 5.02 Å². The molecule has 0 unspecified atom stereocenters. The van der Waals surface area contributed by atoms with Crippen molar-refractivity contribution in [1.29, 1.82) is 0 Å².